The summed E-state index contributed by atoms with van der Waals surface area (Å²) in [6.45, 7) is 3.06. The number of nitrogens with one attached hydrogen (secondary N) is 1. The normalized spacial score (nSPS) is 15.3. The van der Waals surface area contributed by atoms with E-state index < -0.39 is 41.0 Å². The average molecular weight is 542 g/mol. The van der Waals surface area contributed by atoms with Crippen molar-refractivity contribution in [2.45, 2.75) is 25.3 Å². The minimum Gasteiger partial charge on any atom is -0.378 e. The van der Waals surface area contributed by atoms with Gasteiger partial charge in [0.2, 0.25) is 0 Å². The number of halogens is 6. The van der Waals surface area contributed by atoms with Gasteiger partial charge in [-0.15, -0.1) is 0 Å². The number of hydrogen-bond donors (Lipinski definition) is 1. The van der Waals surface area contributed by atoms with Crippen molar-refractivity contribution in [3.63, 3.8) is 0 Å². The Balaban J connectivity index is 1.58. The molecule has 1 unspecified atom stereocenters. The Bertz CT molecular complexity index is 1300. The van der Waals surface area contributed by atoms with E-state index in [1.165, 1.54) is 36.4 Å². The van der Waals surface area contributed by atoms with Crippen LogP contribution in [0, 0.1) is 0 Å². The maximum atomic E-state index is 13.2. The lowest BCUT2D eigenvalue weighted by Gasteiger charge is -2.26. The molecule has 9 nitrogen and oxygen atoms in total. The van der Waals surface area contributed by atoms with Crippen LogP contribution in [0.5, 0.6) is 0 Å². The van der Waals surface area contributed by atoms with Crippen molar-refractivity contribution in [2.75, 3.05) is 26.3 Å². The Morgan fingerprint density at radius 2 is 1.55 bits per heavy atom. The summed E-state index contributed by atoms with van der Waals surface area (Å²) in [5.74, 6) is -1.37. The number of alkyl halides is 6. The third kappa shape index (κ3) is 5.93. The molecule has 1 fully saturated rings. The Kier molecular flexibility index (Phi) is 7.40. The van der Waals surface area contributed by atoms with Crippen LogP contribution < -0.4 is 5.32 Å². The van der Waals surface area contributed by atoms with Crippen molar-refractivity contribution < 1.29 is 40.7 Å². The van der Waals surface area contributed by atoms with Crippen LogP contribution in [0.2, 0.25) is 0 Å². The van der Waals surface area contributed by atoms with Gasteiger partial charge in [0.25, 0.3) is 11.8 Å². The third-order valence-electron chi connectivity index (χ3n) is 5.66. The zero-order valence-corrected chi connectivity index (χ0v) is 19.7. The van der Waals surface area contributed by atoms with Crippen LogP contribution in [0.15, 0.2) is 43.0 Å². The lowest BCUT2D eigenvalue weighted by molar-refractivity contribution is -0.143. The second-order valence-corrected chi connectivity index (χ2v) is 8.33. The predicted molar refractivity (Wildman–Crippen MR) is 118 cm³/mol. The number of ether oxygens (including phenoxy) is 1. The summed E-state index contributed by atoms with van der Waals surface area (Å²) < 4.78 is 85.6. The first kappa shape index (κ1) is 27.0. The van der Waals surface area contributed by atoms with E-state index in [0.717, 1.165) is 0 Å². The monoisotopic (exact) mass is 542 g/mol. The number of amides is 2. The van der Waals surface area contributed by atoms with Gasteiger partial charge in [-0.25, -0.2) is 9.67 Å². The zero-order chi connectivity index (χ0) is 27.7. The molecule has 202 valence electrons. The van der Waals surface area contributed by atoms with Crippen LogP contribution in [-0.2, 0) is 17.1 Å². The number of morpholine rings is 1. The molecule has 1 aliphatic heterocycles. The molecule has 4 rings (SSSR count). The summed E-state index contributed by atoms with van der Waals surface area (Å²) in [4.78, 5) is 35.4. The first-order chi connectivity index (χ1) is 17.8. The van der Waals surface area contributed by atoms with Gasteiger partial charge in [-0.1, -0.05) is 0 Å². The Morgan fingerprint density at radius 3 is 2.16 bits per heavy atom. The zero-order valence-electron chi connectivity index (χ0n) is 19.7. The number of rotatable bonds is 5. The minimum absolute atomic E-state index is 0.0610. The Labute approximate surface area is 211 Å². The number of carbonyl (C=O) groups is 2. The molecule has 3 heterocycles. The third-order valence-corrected chi connectivity index (χ3v) is 5.66. The summed E-state index contributed by atoms with van der Waals surface area (Å²) in [6, 6.07) is -0.399. The summed E-state index contributed by atoms with van der Waals surface area (Å²) in [5.41, 5.74) is -3.69. The van der Waals surface area contributed by atoms with E-state index in [4.69, 9.17) is 4.74 Å². The van der Waals surface area contributed by atoms with E-state index in [1.807, 2.05) is 0 Å². The van der Waals surface area contributed by atoms with Crippen LogP contribution in [0.4, 0.5) is 26.3 Å². The maximum Gasteiger partial charge on any atom is 0.416 e. The molecule has 0 spiro atoms. The van der Waals surface area contributed by atoms with Crippen LogP contribution in [0.1, 0.15) is 50.5 Å². The molecule has 3 aromatic rings. The van der Waals surface area contributed by atoms with Crippen molar-refractivity contribution in [2.24, 2.45) is 0 Å². The summed E-state index contributed by atoms with van der Waals surface area (Å²) in [7, 11) is 0. The van der Waals surface area contributed by atoms with E-state index >= 15 is 0 Å². The average Bonchev–Trinajstić information content (AvgIpc) is 3.37. The van der Waals surface area contributed by atoms with Crippen molar-refractivity contribution in [3.8, 4) is 5.82 Å². The van der Waals surface area contributed by atoms with Gasteiger partial charge in [-0.2, -0.15) is 31.4 Å². The lowest BCUT2D eigenvalue weighted by atomic mass is 10.0. The van der Waals surface area contributed by atoms with Crippen LogP contribution in [0.3, 0.4) is 0 Å². The van der Waals surface area contributed by atoms with Crippen molar-refractivity contribution in [3.05, 3.63) is 70.9 Å². The van der Waals surface area contributed by atoms with E-state index in [2.05, 4.69) is 20.4 Å². The summed E-state index contributed by atoms with van der Waals surface area (Å²) in [6.07, 6.45) is -4.87. The largest absolute Gasteiger partial charge is 0.416 e. The van der Waals surface area contributed by atoms with Crippen molar-refractivity contribution >= 4 is 11.8 Å². The maximum absolute atomic E-state index is 13.2. The number of carbonyl (C=O) groups excluding carboxylic acids is 2. The topological polar surface area (TPSA) is 102 Å². The van der Waals surface area contributed by atoms with E-state index in [9.17, 15) is 35.9 Å². The molecule has 1 aliphatic rings. The SMILES string of the molecule is CC(NC(=O)c1cc(C(F)(F)F)cc(C(F)(F)F)c1)c1nccnc1-n1cc(C(=O)N2CCOCC2)cn1. The number of benzene rings is 1. The summed E-state index contributed by atoms with van der Waals surface area (Å²) in [5, 5.41) is 6.49. The van der Waals surface area contributed by atoms with Crippen LogP contribution in [0.25, 0.3) is 5.82 Å². The Morgan fingerprint density at radius 1 is 0.947 bits per heavy atom. The molecule has 2 amide bonds. The van der Waals surface area contributed by atoms with E-state index in [-0.39, 0.29) is 29.0 Å². The van der Waals surface area contributed by atoms with Gasteiger partial charge in [0.15, 0.2) is 5.82 Å². The molecule has 38 heavy (non-hydrogen) atoms. The predicted octanol–water partition coefficient (Wildman–Crippen LogP) is 3.66. The van der Waals surface area contributed by atoms with Crippen molar-refractivity contribution in [1.29, 1.82) is 0 Å². The number of hydrogen-bond acceptors (Lipinski definition) is 6. The molecular formula is C23H20F6N6O3. The highest BCUT2D eigenvalue weighted by Crippen LogP contribution is 2.36. The first-order valence-corrected chi connectivity index (χ1v) is 11.2. The molecule has 1 saturated heterocycles. The quantitative estimate of drug-likeness (QED) is 0.494. The first-order valence-electron chi connectivity index (χ1n) is 11.2. The second kappa shape index (κ2) is 10.4. The lowest BCUT2D eigenvalue weighted by Crippen LogP contribution is -2.40. The fourth-order valence-electron chi connectivity index (χ4n) is 3.76. The molecule has 2 aromatic heterocycles. The van der Waals surface area contributed by atoms with Gasteiger partial charge in [0.1, 0.15) is 5.69 Å². The van der Waals surface area contributed by atoms with Crippen LogP contribution >= 0.6 is 0 Å². The highest BCUT2D eigenvalue weighted by Gasteiger charge is 2.37. The van der Waals surface area contributed by atoms with E-state index in [1.54, 1.807) is 4.90 Å². The smallest absolute Gasteiger partial charge is 0.378 e. The molecule has 0 saturated carbocycles. The second-order valence-electron chi connectivity index (χ2n) is 8.33. The van der Waals surface area contributed by atoms with Gasteiger partial charge >= 0.3 is 12.4 Å². The molecule has 15 heteroatoms. The molecule has 1 N–H and O–H groups in total. The van der Waals surface area contributed by atoms with Crippen molar-refractivity contribution in [1.82, 2.24) is 30.0 Å². The number of aromatic nitrogens is 4. The summed E-state index contributed by atoms with van der Waals surface area (Å²) >= 11 is 0. The Hall–Kier alpha value is -4.01. The van der Waals surface area contributed by atoms with Gasteiger partial charge in [-0.05, 0) is 25.1 Å². The fraction of sp³-hybridized carbons (Fsp3) is 0.348. The van der Waals surface area contributed by atoms with Gasteiger partial charge < -0.3 is 15.0 Å². The number of nitrogens with zero attached hydrogens (tertiary/aromatic N) is 5. The van der Waals surface area contributed by atoms with E-state index in [0.29, 0.717) is 38.4 Å². The molecular weight excluding hydrogens is 522 g/mol. The molecule has 1 atom stereocenters. The fourth-order valence-corrected chi connectivity index (χ4v) is 3.76. The van der Waals surface area contributed by atoms with Gasteiger partial charge in [-0.3, -0.25) is 14.6 Å². The molecule has 0 aliphatic carbocycles. The van der Waals surface area contributed by atoms with Gasteiger partial charge in [0, 0.05) is 37.2 Å². The molecule has 0 radical (unpaired) electrons. The minimum atomic E-state index is -5.10. The molecule has 0 bridgehead atoms. The molecule has 1 aromatic carbocycles. The standard InChI is InChI=1S/C23H20F6N6O3/c1-13(33-20(36)14-8-16(22(24,25)26)10-17(9-14)23(27,28)29)18-19(31-3-2-30-18)35-12-15(11-32-35)21(37)34-4-6-38-7-5-34/h2-3,8-13H,4-7H2,1H3,(H,33,36). The van der Waals surface area contributed by atoms with Gasteiger partial charge in [0.05, 0.1) is 42.1 Å². The van der Waals surface area contributed by atoms with Crippen LogP contribution in [-0.4, -0.2) is 62.8 Å². The highest BCUT2D eigenvalue weighted by molar-refractivity contribution is 5.95. The highest BCUT2D eigenvalue weighted by atomic mass is 19.4.